The Morgan fingerprint density at radius 3 is 2.60 bits per heavy atom. The van der Waals surface area contributed by atoms with E-state index in [1.54, 1.807) is 6.20 Å². The van der Waals surface area contributed by atoms with Gasteiger partial charge in [-0.25, -0.2) is 4.98 Å². The molecule has 0 aromatic carbocycles. The molecule has 0 N–H and O–H groups in total. The topological polar surface area (TPSA) is 16.1 Å². The van der Waals surface area contributed by atoms with Crippen LogP contribution >= 0.6 is 11.6 Å². The van der Waals surface area contributed by atoms with Crippen molar-refractivity contribution in [2.45, 2.75) is 0 Å². The van der Waals surface area contributed by atoms with Gasteiger partial charge in [-0.05, 0) is 12.1 Å². The Kier molecular flexibility index (Phi) is 2.12. The molecule has 54 valence electrons. The average molecular weight is 157 g/mol. The molecule has 0 atom stereocenters. The molecule has 0 saturated heterocycles. The molecule has 0 amide bonds. The third-order valence-corrected chi connectivity index (χ3v) is 1.46. The van der Waals surface area contributed by atoms with E-state index >= 15 is 0 Å². The molecule has 1 aromatic rings. The maximum Gasteiger partial charge on any atom is 0.146 e. The minimum absolute atomic E-state index is 0.688. The predicted octanol–water partition coefficient (Wildman–Crippen LogP) is 1.80. The summed E-state index contributed by atoms with van der Waals surface area (Å²) in [5, 5.41) is 0.688. The Balaban J connectivity index is 3.03. The van der Waals surface area contributed by atoms with E-state index in [0.29, 0.717) is 5.02 Å². The first-order valence-electron chi connectivity index (χ1n) is 2.99. The van der Waals surface area contributed by atoms with Gasteiger partial charge >= 0.3 is 0 Å². The quantitative estimate of drug-likeness (QED) is 0.617. The Bertz CT molecular complexity index is 223. The molecule has 0 fully saturated rings. The number of nitrogens with zero attached hydrogens (tertiary/aromatic N) is 2. The van der Waals surface area contributed by atoms with Crippen molar-refractivity contribution >= 4 is 17.4 Å². The lowest BCUT2D eigenvalue weighted by molar-refractivity contribution is 1.07. The molecule has 0 unspecified atom stereocenters. The maximum absolute atomic E-state index is 5.82. The molecule has 2 nitrogen and oxygen atoms in total. The van der Waals surface area contributed by atoms with E-state index in [0.717, 1.165) is 5.82 Å². The molecule has 0 aliphatic rings. The van der Waals surface area contributed by atoms with Gasteiger partial charge in [0.15, 0.2) is 0 Å². The third kappa shape index (κ3) is 1.39. The second-order valence-electron chi connectivity index (χ2n) is 2.20. The summed E-state index contributed by atoms with van der Waals surface area (Å²) in [7, 11) is 3.82. The van der Waals surface area contributed by atoms with Crippen molar-refractivity contribution in [2.75, 3.05) is 19.0 Å². The third-order valence-electron chi connectivity index (χ3n) is 1.16. The van der Waals surface area contributed by atoms with E-state index < -0.39 is 0 Å². The number of pyridine rings is 1. The Morgan fingerprint density at radius 1 is 1.50 bits per heavy atom. The fourth-order valence-electron chi connectivity index (χ4n) is 0.706. The van der Waals surface area contributed by atoms with Gasteiger partial charge in [-0.15, -0.1) is 0 Å². The predicted molar refractivity (Wildman–Crippen MR) is 43.6 cm³/mol. The van der Waals surface area contributed by atoms with Crippen LogP contribution in [0.2, 0.25) is 5.02 Å². The van der Waals surface area contributed by atoms with E-state index in [2.05, 4.69) is 4.98 Å². The molecule has 1 heterocycles. The molecular formula is C7H9ClN2. The zero-order valence-electron chi connectivity index (χ0n) is 6.00. The second-order valence-corrected chi connectivity index (χ2v) is 2.61. The number of hydrogen-bond acceptors (Lipinski definition) is 2. The highest BCUT2D eigenvalue weighted by Gasteiger charge is 1.99. The van der Waals surface area contributed by atoms with Crippen molar-refractivity contribution < 1.29 is 0 Å². The molecule has 0 radical (unpaired) electrons. The Morgan fingerprint density at radius 2 is 2.20 bits per heavy atom. The van der Waals surface area contributed by atoms with E-state index in [-0.39, 0.29) is 0 Å². The van der Waals surface area contributed by atoms with E-state index in [9.17, 15) is 0 Å². The van der Waals surface area contributed by atoms with Crippen molar-refractivity contribution in [3.05, 3.63) is 23.4 Å². The average Bonchev–Trinajstić information content (AvgIpc) is 1.88. The number of hydrogen-bond donors (Lipinski definition) is 0. The summed E-state index contributed by atoms with van der Waals surface area (Å²) in [6, 6.07) is 3.64. The molecule has 0 bridgehead atoms. The van der Waals surface area contributed by atoms with E-state index in [1.165, 1.54) is 0 Å². The lowest BCUT2D eigenvalue weighted by Crippen LogP contribution is -2.10. The van der Waals surface area contributed by atoms with Gasteiger partial charge in [-0.2, -0.15) is 0 Å². The van der Waals surface area contributed by atoms with E-state index in [1.807, 2.05) is 31.1 Å². The fourth-order valence-corrected chi connectivity index (χ4v) is 0.997. The van der Waals surface area contributed by atoms with Crippen LogP contribution in [0.1, 0.15) is 0 Å². The minimum Gasteiger partial charge on any atom is -0.362 e. The minimum atomic E-state index is 0.688. The normalized spacial score (nSPS) is 9.50. The van der Waals surface area contributed by atoms with Gasteiger partial charge in [-0.3, -0.25) is 0 Å². The largest absolute Gasteiger partial charge is 0.362 e. The van der Waals surface area contributed by atoms with Gasteiger partial charge in [0, 0.05) is 20.3 Å². The van der Waals surface area contributed by atoms with Crippen molar-refractivity contribution in [3.63, 3.8) is 0 Å². The van der Waals surface area contributed by atoms with Crippen LogP contribution in [0, 0.1) is 0 Å². The molecule has 0 aliphatic heterocycles. The van der Waals surface area contributed by atoms with Crippen molar-refractivity contribution in [1.29, 1.82) is 0 Å². The molecule has 0 saturated carbocycles. The summed E-state index contributed by atoms with van der Waals surface area (Å²) < 4.78 is 0. The first kappa shape index (κ1) is 7.35. The fraction of sp³-hybridized carbons (Fsp3) is 0.286. The number of anilines is 1. The molecule has 3 heteroatoms. The van der Waals surface area contributed by atoms with Crippen LogP contribution in [0.15, 0.2) is 18.3 Å². The Hall–Kier alpha value is -0.760. The number of aromatic nitrogens is 1. The Labute approximate surface area is 65.4 Å². The molecule has 1 aromatic heterocycles. The summed E-state index contributed by atoms with van der Waals surface area (Å²) in [5.41, 5.74) is 0. The lowest BCUT2D eigenvalue weighted by Gasteiger charge is -2.11. The summed E-state index contributed by atoms with van der Waals surface area (Å²) >= 11 is 5.82. The summed E-state index contributed by atoms with van der Waals surface area (Å²) in [6.07, 6.45) is 1.72. The van der Waals surface area contributed by atoms with Crippen LogP contribution in [-0.2, 0) is 0 Å². The summed E-state index contributed by atoms with van der Waals surface area (Å²) in [5.74, 6) is 0.809. The van der Waals surface area contributed by atoms with Gasteiger partial charge in [0.05, 0.1) is 5.02 Å². The van der Waals surface area contributed by atoms with Gasteiger partial charge < -0.3 is 4.90 Å². The smallest absolute Gasteiger partial charge is 0.146 e. The summed E-state index contributed by atoms with van der Waals surface area (Å²) in [4.78, 5) is 5.95. The van der Waals surface area contributed by atoms with Gasteiger partial charge in [0.1, 0.15) is 5.82 Å². The van der Waals surface area contributed by atoms with Crippen LogP contribution in [-0.4, -0.2) is 19.1 Å². The first-order valence-corrected chi connectivity index (χ1v) is 3.37. The van der Waals surface area contributed by atoms with Gasteiger partial charge in [-0.1, -0.05) is 11.6 Å². The van der Waals surface area contributed by atoms with Crippen molar-refractivity contribution in [3.8, 4) is 0 Å². The number of halogens is 1. The van der Waals surface area contributed by atoms with Gasteiger partial charge in [0.2, 0.25) is 0 Å². The monoisotopic (exact) mass is 156 g/mol. The molecule has 10 heavy (non-hydrogen) atoms. The molecule has 0 spiro atoms. The van der Waals surface area contributed by atoms with Crippen molar-refractivity contribution in [1.82, 2.24) is 4.98 Å². The lowest BCUT2D eigenvalue weighted by atomic mass is 10.4. The molecule has 1 rings (SSSR count). The standard InChI is InChI=1S/C7H9ClN2/c1-10(2)7-6(8)4-3-5-9-7/h3-5H,1-2H3. The summed E-state index contributed by atoms with van der Waals surface area (Å²) in [6.45, 7) is 0. The van der Waals surface area contributed by atoms with Gasteiger partial charge in [0.25, 0.3) is 0 Å². The second kappa shape index (κ2) is 2.88. The van der Waals surface area contributed by atoms with Crippen LogP contribution < -0.4 is 4.90 Å². The SMILES string of the molecule is CN(C)c1ncccc1Cl. The zero-order chi connectivity index (χ0) is 7.56. The van der Waals surface area contributed by atoms with Crippen LogP contribution in [0.4, 0.5) is 5.82 Å². The highest BCUT2D eigenvalue weighted by atomic mass is 35.5. The highest BCUT2D eigenvalue weighted by Crippen LogP contribution is 2.19. The van der Waals surface area contributed by atoms with Crippen LogP contribution in [0.5, 0.6) is 0 Å². The highest BCUT2D eigenvalue weighted by molar-refractivity contribution is 6.32. The number of rotatable bonds is 1. The van der Waals surface area contributed by atoms with Crippen LogP contribution in [0.25, 0.3) is 0 Å². The molecular weight excluding hydrogens is 148 g/mol. The zero-order valence-corrected chi connectivity index (χ0v) is 6.76. The van der Waals surface area contributed by atoms with E-state index in [4.69, 9.17) is 11.6 Å². The van der Waals surface area contributed by atoms with Crippen molar-refractivity contribution in [2.24, 2.45) is 0 Å². The maximum atomic E-state index is 5.82. The van der Waals surface area contributed by atoms with Crippen LogP contribution in [0.3, 0.4) is 0 Å². The first-order chi connectivity index (χ1) is 4.72. The molecule has 0 aliphatic carbocycles.